The molecule has 0 bridgehead atoms. The first-order valence-corrected chi connectivity index (χ1v) is 7.16. The van der Waals surface area contributed by atoms with Crippen molar-refractivity contribution in [2.24, 2.45) is 0 Å². The lowest BCUT2D eigenvalue weighted by molar-refractivity contribution is -0.141. The van der Waals surface area contributed by atoms with Crippen LogP contribution >= 0.6 is 0 Å². The monoisotopic (exact) mass is 320 g/mol. The lowest BCUT2D eigenvalue weighted by Gasteiger charge is -2.06. The molecule has 9 heteroatoms. The summed E-state index contributed by atoms with van der Waals surface area (Å²) in [5.41, 5.74) is -0.241. The smallest absolute Gasteiger partial charge is 0.245 e. The highest BCUT2D eigenvalue weighted by Crippen LogP contribution is 2.27. The Hall–Kier alpha value is -1.87. The minimum Gasteiger partial charge on any atom is -0.245 e. The van der Waals surface area contributed by atoms with E-state index in [-0.39, 0.29) is 4.90 Å². The molecular weight excluding hydrogens is 309 g/mol. The fraction of sp³-hybridized carbons (Fsp3) is 0.250. The Morgan fingerprint density at radius 2 is 1.81 bits per heavy atom. The molecule has 0 aliphatic rings. The lowest BCUT2D eigenvalue weighted by atomic mass is 10.2. The van der Waals surface area contributed by atoms with Gasteiger partial charge in [-0.2, -0.15) is 26.7 Å². The van der Waals surface area contributed by atoms with Crippen LogP contribution in [0.2, 0.25) is 0 Å². The molecule has 0 atom stereocenters. The molecule has 0 unspecified atom stereocenters. The summed E-state index contributed by atoms with van der Waals surface area (Å²) in [6, 6.07) is 6.63. The second kappa shape index (κ2) is 5.49. The summed E-state index contributed by atoms with van der Waals surface area (Å²) in [5.74, 6) is 0. The summed E-state index contributed by atoms with van der Waals surface area (Å²) in [5, 5.41) is 3.19. The van der Waals surface area contributed by atoms with Crippen molar-refractivity contribution in [1.29, 1.82) is 0 Å². The highest BCUT2D eigenvalue weighted by molar-refractivity contribution is 7.86. The van der Waals surface area contributed by atoms with Gasteiger partial charge >= 0.3 is 6.18 Å². The summed E-state index contributed by atoms with van der Waals surface area (Å²) in [6.45, 7) is 1.16. The topological polar surface area (TPSA) is 61.2 Å². The van der Waals surface area contributed by atoms with Crippen LogP contribution in [0.25, 0.3) is 0 Å². The SMILES string of the molecule is Cc1ccc(S(=O)(=O)OCn2ccc(C(F)(F)F)n2)cc1. The van der Waals surface area contributed by atoms with Gasteiger partial charge in [-0.3, -0.25) is 0 Å². The van der Waals surface area contributed by atoms with Gasteiger partial charge in [0.1, 0.15) is 0 Å². The van der Waals surface area contributed by atoms with E-state index >= 15 is 0 Å². The van der Waals surface area contributed by atoms with E-state index in [0.717, 1.165) is 22.5 Å². The van der Waals surface area contributed by atoms with Crippen molar-refractivity contribution in [1.82, 2.24) is 9.78 Å². The van der Waals surface area contributed by atoms with Gasteiger partial charge in [0.15, 0.2) is 12.4 Å². The van der Waals surface area contributed by atoms with E-state index in [2.05, 4.69) is 9.28 Å². The Bertz CT molecular complexity index is 721. The van der Waals surface area contributed by atoms with Gasteiger partial charge in [0.25, 0.3) is 10.1 Å². The molecule has 1 aromatic carbocycles. The van der Waals surface area contributed by atoms with E-state index < -0.39 is 28.7 Å². The Kier molecular flexibility index (Phi) is 4.06. The van der Waals surface area contributed by atoms with E-state index in [4.69, 9.17) is 0 Å². The number of alkyl halides is 3. The van der Waals surface area contributed by atoms with Crippen LogP contribution < -0.4 is 0 Å². The zero-order valence-electron chi connectivity index (χ0n) is 10.8. The minimum absolute atomic E-state index is 0.0729. The number of halogens is 3. The number of hydrogen-bond acceptors (Lipinski definition) is 4. The summed E-state index contributed by atoms with van der Waals surface area (Å²) in [7, 11) is -4.04. The first-order chi connectivity index (χ1) is 9.68. The average Bonchev–Trinajstić information content (AvgIpc) is 2.86. The average molecular weight is 320 g/mol. The quantitative estimate of drug-likeness (QED) is 0.812. The van der Waals surface area contributed by atoms with Crippen LogP contribution in [-0.2, 0) is 27.2 Å². The fourth-order valence-electron chi connectivity index (χ4n) is 1.48. The Labute approximate surface area is 119 Å². The zero-order valence-corrected chi connectivity index (χ0v) is 11.6. The van der Waals surface area contributed by atoms with Gasteiger partial charge < -0.3 is 0 Å². The van der Waals surface area contributed by atoms with Gasteiger partial charge in [-0.15, -0.1) is 0 Å². The molecule has 1 aromatic heterocycles. The van der Waals surface area contributed by atoms with Crippen LogP contribution in [0, 0.1) is 6.92 Å². The Morgan fingerprint density at radius 1 is 1.19 bits per heavy atom. The standard InChI is InChI=1S/C12H11F3N2O3S/c1-9-2-4-10(5-3-9)21(18,19)20-8-17-7-6-11(16-17)12(13,14)15/h2-7H,8H2,1H3. The third kappa shape index (κ3) is 3.82. The molecule has 0 radical (unpaired) electrons. The maximum absolute atomic E-state index is 12.3. The molecule has 21 heavy (non-hydrogen) atoms. The molecule has 2 rings (SSSR count). The molecule has 0 aliphatic carbocycles. The van der Waals surface area contributed by atoms with Crippen LogP contribution in [0.3, 0.4) is 0 Å². The Balaban J connectivity index is 2.08. The van der Waals surface area contributed by atoms with Gasteiger partial charge in [0.2, 0.25) is 0 Å². The predicted octanol–water partition coefficient (Wildman–Crippen LogP) is 2.57. The fourth-order valence-corrected chi connectivity index (χ4v) is 2.33. The van der Waals surface area contributed by atoms with Crippen LogP contribution in [-0.4, -0.2) is 18.2 Å². The van der Waals surface area contributed by atoms with E-state index in [9.17, 15) is 21.6 Å². The molecule has 0 aliphatic heterocycles. The molecule has 0 saturated carbocycles. The molecule has 0 spiro atoms. The lowest BCUT2D eigenvalue weighted by Crippen LogP contribution is -2.13. The molecule has 2 aromatic rings. The number of benzene rings is 1. The first-order valence-electron chi connectivity index (χ1n) is 5.75. The van der Waals surface area contributed by atoms with Crippen molar-refractivity contribution in [3.8, 4) is 0 Å². The second-order valence-electron chi connectivity index (χ2n) is 4.25. The van der Waals surface area contributed by atoms with Gasteiger partial charge in [-0.05, 0) is 25.1 Å². The van der Waals surface area contributed by atoms with Crippen molar-refractivity contribution < 1.29 is 25.8 Å². The Morgan fingerprint density at radius 3 is 2.33 bits per heavy atom. The number of rotatable bonds is 4. The molecule has 0 amide bonds. The summed E-state index contributed by atoms with van der Waals surface area (Å²) >= 11 is 0. The second-order valence-corrected chi connectivity index (χ2v) is 5.87. The zero-order chi connectivity index (χ0) is 15.7. The first kappa shape index (κ1) is 15.5. The maximum atomic E-state index is 12.3. The summed E-state index contributed by atoms with van der Waals surface area (Å²) < 4.78 is 66.1. The van der Waals surface area contributed by atoms with E-state index in [1.165, 1.54) is 12.1 Å². The highest BCUT2D eigenvalue weighted by atomic mass is 32.2. The minimum atomic E-state index is -4.58. The molecule has 1 heterocycles. The largest absolute Gasteiger partial charge is 0.435 e. The number of hydrogen-bond donors (Lipinski definition) is 0. The molecule has 0 N–H and O–H groups in total. The van der Waals surface area contributed by atoms with Crippen molar-refractivity contribution in [2.45, 2.75) is 24.7 Å². The van der Waals surface area contributed by atoms with Crippen LogP contribution in [0.1, 0.15) is 11.3 Å². The summed E-state index contributed by atoms with van der Waals surface area (Å²) in [6.07, 6.45) is -3.59. The molecular formula is C12H11F3N2O3S. The van der Waals surface area contributed by atoms with Crippen LogP contribution in [0.5, 0.6) is 0 Å². The van der Waals surface area contributed by atoms with E-state index in [0.29, 0.717) is 0 Å². The molecule has 0 saturated heterocycles. The van der Waals surface area contributed by atoms with Gasteiger partial charge in [-0.25, -0.2) is 8.86 Å². The molecule has 0 fully saturated rings. The van der Waals surface area contributed by atoms with Crippen LogP contribution in [0.4, 0.5) is 13.2 Å². The van der Waals surface area contributed by atoms with Crippen LogP contribution in [0.15, 0.2) is 41.4 Å². The van der Waals surface area contributed by atoms with Crippen molar-refractivity contribution in [2.75, 3.05) is 0 Å². The number of aromatic nitrogens is 2. The third-order valence-corrected chi connectivity index (χ3v) is 3.85. The highest BCUT2D eigenvalue weighted by Gasteiger charge is 2.33. The van der Waals surface area contributed by atoms with E-state index in [1.807, 2.05) is 0 Å². The van der Waals surface area contributed by atoms with Crippen molar-refractivity contribution in [3.05, 3.63) is 47.8 Å². The van der Waals surface area contributed by atoms with Crippen molar-refractivity contribution >= 4 is 10.1 Å². The van der Waals surface area contributed by atoms with Crippen molar-refractivity contribution in [3.63, 3.8) is 0 Å². The van der Waals surface area contributed by atoms with Gasteiger partial charge in [-0.1, -0.05) is 17.7 Å². The number of nitrogens with zero attached hydrogens (tertiary/aromatic N) is 2. The number of aryl methyl sites for hydroxylation is 1. The maximum Gasteiger partial charge on any atom is 0.435 e. The predicted molar refractivity (Wildman–Crippen MR) is 66.7 cm³/mol. The van der Waals surface area contributed by atoms with Gasteiger partial charge in [0, 0.05) is 6.20 Å². The summed E-state index contributed by atoms with van der Waals surface area (Å²) in [4.78, 5) is -0.0729. The normalized spacial score (nSPS) is 12.6. The third-order valence-electron chi connectivity index (χ3n) is 2.58. The molecule has 114 valence electrons. The van der Waals surface area contributed by atoms with Gasteiger partial charge in [0.05, 0.1) is 4.90 Å². The van der Waals surface area contributed by atoms with E-state index in [1.54, 1.807) is 19.1 Å². The molecule has 5 nitrogen and oxygen atoms in total.